The fourth-order valence-electron chi connectivity index (χ4n) is 5.29. The van der Waals surface area contributed by atoms with E-state index in [0.29, 0.717) is 13.0 Å². The van der Waals surface area contributed by atoms with Crippen LogP contribution < -0.4 is 10.6 Å². The first kappa shape index (κ1) is 25.4. The van der Waals surface area contributed by atoms with Crippen molar-refractivity contribution in [3.05, 3.63) is 12.2 Å². The first-order chi connectivity index (χ1) is 14.8. The van der Waals surface area contributed by atoms with Crippen LogP contribution in [0.4, 0.5) is 0 Å². The van der Waals surface area contributed by atoms with Crippen molar-refractivity contribution in [1.29, 1.82) is 0 Å². The average Bonchev–Trinajstić information content (AvgIpc) is 3.04. The Balaban J connectivity index is 2.48. The standard InChI is InChI=1S/C24H41N3O4/c1-6-8-12-26-23(30)21-18-11-10-16(9-7-2)19(22(29)25-5)20(18)24(31)27(21)17(14-28)13-15(3)4/h10-11,15-21,28H,6-9,12-14H2,1-5H3,(H,25,29)(H,26,30)/t16-,17-,18+,19-,20-,21+/m1/s1. The van der Waals surface area contributed by atoms with E-state index < -0.39 is 23.9 Å². The molecule has 0 saturated carbocycles. The molecule has 1 aliphatic carbocycles. The highest BCUT2D eigenvalue weighted by molar-refractivity contribution is 5.97. The van der Waals surface area contributed by atoms with Crippen molar-refractivity contribution < 1.29 is 19.5 Å². The van der Waals surface area contributed by atoms with Gasteiger partial charge in [-0.05, 0) is 31.1 Å². The minimum absolute atomic E-state index is 0.0309. The van der Waals surface area contributed by atoms with Gasteiger partial charge in [0.25, 0.3) is 0 Å². The Morgan fingerprint density at radius 1 is 1.16 bits per heavy atom. The van der Waals surface area contributed by atoms with E-state index in [0.717, 1.165) is 25.7 Å². The number of unbranched alkanes of at least 4 members (excludes halogenated alkanes) is 1. The smallest absolute Gasteiger partial charge is 0.243 e. The summed E-state index contributed by atoms with van der Waals surface area (Å²) in [6.45, 7) is 8.56. The third-order valence-electron chi connectivity index (χ3n) is 6.66. The van der Waals surface area contributed by atoms with E-state index in [-0.39, 0.29) is 42.1 Å². The number of carbonyl (C=O) groups is 3. The van der Waals surface area contributed by atoms with Crippen molar-refractivity contribution in [3.63, 3.8) is 0 Å². The van der Waals surface area contributed by atoms with Crippen LogP contribution in [0.5, 0.6) is 0 Å². The average molecular weight is 436 g/mol. The second kappa shape index (κ2) is 11.7. The topological polar surface area (TPSA) is 98.7 Å². The van der Waals surface area contributed by atoms with Gasteiger partial charge in [0, 0.05) is 19.5 Å². The van der Waals surface area contributed by atoms with Crippen molar-refractivity contribution in [2.24, 2.45) is 29.6 Å². The van der Waals surface area contributed by atoms with Crippen molar-refractivity contribution in [2.75, 3.05) is 20.2 Å². The molecule has 0 unspecified atom stereocenters. The van der Waals surface area contributed by atoms with E-state index in [4.69, 9.17) is 0 Å². The monoisotopic (exact) mass is 435 g/mol. The lowest BCUT2D eigenvalue weighted by Gasteiger charge is -2.34. The number of carbonyl (C=O) groups excluding carboxylic acids is 3. The Kier molecular flexibility index (Phi) is 9.54. The maximum atomic E-state index is 13.8. The number of amides is 3. The lowest BCUT2D eigenvalue weighted by atomic mass is 9.68. The molecule has 1 saturated heterocycles. The lowest BCUT2D eigenvalue weighted by molar-refractivity contribution is -0.143. The number of allylic oxidation sites excluding steroid dienone is 1. The molecule has 3 N–H and O–H groups in total. The van der Waals surface area contributed by atoms with Gasteiger partial charge in [-0.3, -0.25) is 14.4 Å². The van der Waals surface area contributed by atoms with E-state index in [2.05, 4.69) is 24.5 Å². The van der Waals surface area contributed by atoms with Gasteiger partial charge in [-0.25, -0.2) is 0 Å². The minimum Gasteiger partial charge on any atom is -0.394 e. The van der Waals surface area contributed by atoms with Crippen LogP contribution in [0, 0.1) is 29.6 Å². The van der Waals surface area contributed by atoms with E-state index >= 15 is 0 Å². The number of nitrogens with one attached hydrogen (secondary N) is 2. The second-order valence-electron chi connectivity index (χ2n) is 9.38. The largest absolute Gasteiger partial charge is 0.394 e. The van der Waals surface area contributed by atoms with Crippen LogP contribution in [0.25, 0.3) is 0 Å². The Hall–Kier alpha value is -1.89. The van der Waals surface area contributed by atoms with Gasteiger partial charge < -0.3 is 20.6 Å². The SMILES string of the molecule is CCCCNC(=O)[C@@H]1[C@H]2C=C[C@@H](CCC)[C@@H](C(=O)NC)[C@@H]2C(=O)N1[C@@H](CO)CC(C)C. The van der Waals surface area contributed by atoms with Crippen molar-refractivity contribution >= 4 is 17.7 Å². The van der Waals surface area contributed by atoms with Crippen LogP contribution in [-0.4, -0.2) is 60.0 Å². The molecule has 0 radical (unpaired) electrons. The van der Waals surface area contributed by atoms with Crippen molar-refractivity contribution in [1.82, 2.24) is 15.5 Å². The van der Waals surface area contributed by atoms with Gasteiger partial charge in [0.2, 0.25) is 17.7 Å². The molecule has 1 aliphatic heterocycles. The molecule has 2 aliphatic rings. The number of nitrogens with zero attached hydrogens (tertiary/aromatic N) is 1. The zero-order valence-corrected chi connectivity index (χ0v) is 19.8. The zero-order chi connectivity index (χ0) is 23.1. The summed E-state index contributed by atoms with van der Waals surface area (Å²) in [5, 5.41) is 15.9. The van der Waals surface area contributed by atoms with Crippen LogP contribution in [0.2, 0.25) is 0 Å². The Bertz CT molecular complexity index is 663. The summed E-state index contributed by atoms with van der Waals surface area (Å²) in [7, 11) is 1.60. The van der Waals surface area contributed by atoms with E-state index in [1.54, 1.807) is 11.9 Å². The van der Waals surface area contributed by atoms with Crippen molar-refractivity contribution in [2.45, 2.75) is 71.9 Å². The summed E-state index contributed by atoms with van der Waals surface area (Å²) >= 11 is 0. The van der Waals surface area contributed by atoms with Gasteiger partial charge in [0.15, 0.2) is 0 Å². The van der Waals surface area contributed by atoms with Gasteiger partial charge in [0.05, 0.1) is 24.5 Å². The normalized spacial score (nSPS) is 28.5. The van der Waals surface area contributed by atoms with Crippen LogP contribution in [0.1, 0.15) is 59.8 Å². The molecule has 3 amide bonds. The Morgan fingerprint density at radius 3 is 2.42 bits per heavy atom. The number of aliphatic hydroxyl groups excluding tert-OH is 1. The lowest BCUT2D eigenvalue weighted by Crippen LogP contribution is -2.52. The summed E-state index contributed by atoms with van der Waals surface area (Å²) in [6, 6.07) is -1.14. The van der Waals surface area contributed by atoms with Gasteiger partial charge in [-0.15, -0.1) is 0 Å². The minimum atomic E-state index is -0.698. The first-order valence-electron chi connectivity index (χ1n) is 11.9. The highest BCUT2D eigenvalue weighted by Crippen LogP contribution is 2.46. The summed E-state index contributed by atoms with van der Waals surface area (Å²) in [4.78, 5) is 41.5. The number of hydrogen-bond acceptors (Lipinski definition) is 4. The quantitative estimate of drug-likeness (QED) is 0.342. The molecule has 7 heteroatoms. The van der Waals surface area contributed by atoms with Gasteiger partial charge in [-0.1, -0.05) is 52.7 Å². The molecule has 6 atom stereocenters. The molecule has 0 bridgehead atoms. The summed E-state index contributed by atoms with van der Waals surface area (Å²) in [6.07, 6.45) is 8.17. The fraction of sp³-hybridized carbons (Fsp3) is 0.792. The van der Waals surface area contributed by atoms with Gasteiger partial charge in [-0.2, -0.15) is 0 Å². The van der Waals surface area contributed by atoms with Crippen LogP contribution in [-0.2, 0) is 14.4 Å². The molecule has 31 heavy (non-hydrogen) atoms. The highest BCUT2D eigenvalue weighted by Gasteiger charge is 2.58. The fourth-order valence-corrected chi connectivity index (χ4v) is 5.29. The number of aliphatic hydroxyl groups is 1. The molecule has 0 aromatic heterocycles. The summed E-state index contributed by atoms with van der Waals surface area (Å²) in [5.74, 6) is -1.74. The molecule has 7 nitrogen and oxygen atoms in total. The molecule has 0 spiro atoms. The Labute approximate surface area is 187 Å². The first-order valence-corrected chi connectivity index (χ1v) is 11.9. The number of fused-ring (bicyclic) bond motifs is 1. The number of hydrogen-bond donors (Lipinski definition) is 3. The van der Waals surface area contributed by atoms with E-state index in [1.165, 1.54) is 0 Å². The summed E-state index contributed by atoms with van der Waals surface area (Å²) in [5.41, 5.74) is 0. The second-order valence-corrected chi connectivity index (χ2v) is 9.38. The molecule has 176 valence electrons. The molecule has 1 fully saturated rings. The molecular weight excluding hydrogens is 394 g/mol. The maximum absolute atomic E-state index is 13.8. The molecule has 0 aromatic carbocycles. The van der Waals surface area contributed by atoms with Gasteiger partial charge in [0.1, 0.15) is 6.04 Å². The predicted molar refractivity (Wildman–Crippen MR) is 121 cm³/mol. The van der Waals surface area contributed by atoms with Gasteiger partial charge >= 0.3 is 0 Å². The van der Waals surface area contributed by atoms with Crippen LogP contribution in [0.3, 0.4) is 0 Å². The predicted octanol–water partition coefficient (Wildman–Crippen LogP) is 2.10. The number of likely N-dealkylation sites (tertiary alicyclic amines) is 1. The Morgan fingerprint density at radius 2 is 1.87 bits per heavy atom. The van der Waals surface area contributed by atoms with Crippen LogP contribution in [0.15, 0.2) is 12.2 Å². The van der Waals surface area contributed by atoms with E-state index in [1.807, 2.05) is 26.0 Å². The molecular formula is C24H41N3O4. The number of rotatable bonds is 11. The molecule has 0 aromatic rings. The zero-order valence-electron chi connectivity index (χ0n) is 19.8. The maximum Gasteiger partial charge on any atom is 0.243 e. The van der Waals surface area contributed by atoms with Crippen molar-refractivity contribution in [3.8, 4) is 0 Å². The van der Waals surface area contributed by atoms with E-state index in [9.17, 15) is 19.5 Å². The third-order valence-corrected chi connectivity index (χ3v) is 6.66. The highest BCUT2D eigenvalue weighted by atomic mass is 16.3. The summed E-state index contributed by atoms with van der Waals surface area (Å²) < 4.78 is 0. The molecule has 1 heterocycles. The third kappa shape index (κ3) is 5.48. The molecule has 2 rings (SSSR count). The van der Waals surface area contributed by atoms with Crippen LogP contribution >= 0.6 is 0 Å².